The number of nitrogens with zero attached hydrogens (tertiary/aromatic N) is 2. The van der Waals surface area contributed by atoms with Crippen LogP contribution in [0, 0.1) is 10.1 Å². The lowest BCUT2D eigenvalue weighted by molar-refractivity contribution is -0.384. The minimum atomic E-state index is -3.75. The van der Waals surface area contributed by atoms with E-state index in [-0.39, 0.29) is 35.7 Å². The van der Waals surface area contributed by atoms with Crippen molar-refractivity contribution in [2.24, 2.45) is 0 Å². The Bertz CT molecular complexity index is 1100. The van der Waals surface area contributed by atoms with Crippen LogP contribution in [0.3, 0.4) is 0 Å². The van der Waals surface area contributed by atoms with Gasteiger partial charge in [0.25, 0.3) is 5.69 Å². The molecule has 0 aliphatic heterocycles. The molecule has 0 spiro atoms. The Morgan fingerprint density at radius 3 is 2.38 bits per heavy atom. The van der Waals surface area contributed by atoms with Crippen LogP contribution in [0.25, 0.3) is 6.08 Å². The van der Waals surface area contributed by atoms with Crippen LogP contribution >= 0.6 is 0 Å². The van der Waals surface area contributed by atoms with Crippen LogP contribution in [0.2, 0.25) is 0 Å². The predicted octanol–water partition coefficient (Wildman–Crippen LogP) is 3.78. The van der Waals surface area contributed by atoms with E-state index in [0.717, 1.165) is 6.26 Å². The molecule has 172 valence electrons. The highest BCUT2D eigenvalue weighted by molar-refractivity contribution is 7.86. The van der Waals surface area contributed by atoms with Crippen LogP contribution in [0.5, 0.6) is 11.5 Å². The fraction of sp³-hybridized carbons (Fsp3) is 0.318. The molecular weight excluding hydrogens is 436 g/mol. The van der Waals surface area contributed by atoms with E-state index in [4.69, 9.17) is 8.92 Å². The molecule has 1 atom stereocenters. The van der Waals surface area contributed by atoms with Crippen molar-refractivity contribution in [3.05, 3.63) is 69.8 Å². The Kier molecular flexibility index (Phi) is 8.36. The van der Waals surface area contributed by atoms with Crippen LogP contribution in [-0.2, 0) is 21.5 Å². The van der Waals surface area contributed by atoms with Gasteiger partial charge in [-0.2, -0.15) is 8.42 Å². The van der Waals surface area contributed by atoms with E-state index in [1.807, 2.05) is 13.8 Å². The number of carbonyl (C=O) groups excluding carboxylic acids is 1. The van der Waals surface area contributed by atoms with Crippen molar-refractivity contribution in [3.63, 3.8) is 0 Å². The zero-order chi connectivity index (χ0) is 23.9. The minimum absolute atomic E-state index is 0.0265. The van der Waals surface area contributed by atoms with Gasteiger partial charge in [0.1, 0.15) is 0 Å². The molecule has 0 aliphatic carbocycles. The van der Waals surface area contributed by atoms with E-state index >= 15 is 0 Å². The lowest BCUT2D eigenvalue weighted by atomic mass is 10.1. The topological polar surface area (TPSA) is 116 Å². The summed E-state index contributed by atoms with van der Waals surface area (Å²) in [6, 6.07) is 10.6. The molecule has 9 nitrogen and oxygen atoms in total. The molecule has 2 rings (SSSR count). The van der Waals surface area contributed by atoms with Crippen molar-refractivity contribution in [2.45, 2.75) is 32.9 Å². The second-order valence-corrected chi connectivity index (χ2v) is 8.75. The third-order valence-corrected chi connectivity index (χ3v) is 5.23. The summed E-state index contributed by atoms with van der Waals surface area (Å²) < 4.78 is 33.3. The van der Waals surface area contributed by atoms with Crippen molar-refractivity contribution >= 4 is 27.8 Å². The average molecular weight is 463 g/mol. The quantitative estimate of drug-likeness (QED) is 0.228. The van der Waals surface area contributed by atoms with E-state index in [2.05, 4.69) is 0 Å². The number of non-ortho nitro benzene ring substituents is 1. The van der Waals surface area contributed by atoms with Gasteiger partial charge < -0.3 is 13.8 Å². The van der Waals surface area contributed by atoms with Crippen molar-refractivity contribution < 1.29 is 27.1 Å². The minimum Gasteiger partial charge on any atom is -0.493 e. The number of rotatable bonds is 10. The maximum absolute atomic E-state index is 12.9. The summed E-state index contributed by atoms with van der Waals surface area (Å²) in [5.74, 6) is 0.0585. The zero-order valence-electron chi connectivity index (χ0n) is 18.3. The molecule has 0 unspecified atom stereocenters. The van der Waals surface area contributed by atoms with E-state index in [9.17, 15) is 23.3 Å². The second kappa shape index (κ2) is 10.8. The molecule has 10 heteroatoms. The van der Waals surface area contributed by atoms with Gasteiger partial charge in [-0.3, -0.25) is 14.9 Å². The van der Waals surface area contributed by atoms with Gasteiger partial charge in [0.15, 0.2) is 11.5 Å². The summed E-state index contributed by atoms with van der Waals surface area (Å²) >= 11 is 0. The molecule has 0 fully saturated rings. The van der Waals surface area contributed by atoms with Crippen LogP contribution in [0.1, 0.15) is 31.4 Å². The fourth-order valence-electron chi connectivity index (χ4n) is 2.89. The number of hydrogen-bond donors (Lipinski definition) is 0. The van der Waals surface area contributed by atoms with Gasteiger partial charge in [-0.05, 0) is 54.8 Å². The standard InChI is InChI=1S/C22H26N2O7S/c1-5-16(2)23(22(25)13-9-17-6-10-19(11-7-17)24(26)27)15-18-8-12-20(30-3)21(14-18)31-32(4,28)29/h6-14,16H,5,15H2,1-4H3/b13-9+/t16-/m0/s1. The van der Waals surface area contributed by atoms with E-state index in [1.54, 1.807) is 35.2 Å². The van der Waals surface area contributed by atoms with Gasteiger partial charge in [-0.1, -0.05) is 13.0 Å². The first-order chi connectivity index (χ1) is 15.0. The SMILES string of the molecule is CC[C@H](C)N(Cc1ccc(OC)c(OS(C)(=O)=O)c1)C(=O)/C=C/c1ccc([N+](=O)[O-])cc1. The highest BCUT2D eigenvalue weighted by Gasteiger charge is 2.19. The maximum atomic E-state index is 12.9. The number of carbonyl (C=O) groups is 1. The van der Waals surface area contributed by atoms with Gasteiger partial charge in [0.2, 0.25) is 5.91 Å². The number of amides is 1. The molecule has 0 radical (unpaired) electrons. The summed E-state index contributed by atoms with van der Waals surface area (Å²) in [7, 11) is -2.35. The summed E-state index contributed by atoms with van der Waals surface area (Å²) in [6.07, 6.45) is 4.65. The third-order valence-electron chi connectivity index (χ3n) is 4.75. The smallest absolute Gasteiger partial charge is 0.306 e. The second-order valence-electron chi connectivity index (χ2n) is 7.18. The summed E-state index contributed by atoms with van der Waals surface area (Å²) in [5.41, 5.74) is 1.30. The number of hydrogen-bond acceptors (Lipinski definition) is 7. The third kappa shape index (κ3) is 7.09. The Hall–Kier alpha value is -3.40. The lowest BCUT2D eigenvalue weighted by Crippen LogP contribution is -2.36. The molecule has 2 aromatic rings. The Morgan fingerprint density at radius 2 is 1.84 bits per heavy atom. The molecular formula is C22H26N2O7S. The Morgan fingerprint density at radius 1 is 1.19 bits per heavy atom. The average Bonchev–Trinajstić information content (AvgIpc) is 2.74. The normalized spacial score (nSPS) is 12.4. The van der Waals surface area contributed by atoms with Crippen LogP contribution in [0.4, 0.5) is 5.69 Å². The Labute approximate surface area is 187 Å². The number of benzene rings is 2. The first-order valence-corrected chi connectivity index (χ1v) is 11.6. The van der Waals surface area contributed by atoms with Gasteiger partial charge in [-0.15, -0.1) is 0 Å². The van der Waals surface area contributed by atoms with E-state index in [1.165, 1.54) is 31.4 Å². The van der Waals surface area contributed by atoms with Crippen molar-refractivity contribution in [2.75, 3.05) is 13.4 Å². The molecule has 32 heavy (non-hydrogen) atoms. The molecule has 0 saturated carbocycles. The van der Waals surface area contributed by atoms with E-state index < -0.39 is 15.0 Å². The molecule has 0 saturated heterocycles. The van der Waals surface area contributed by atoms with Crippen molar-refractivity contribution in [1.29, 1.82) is 0 Å². The van der Waals surface area contributed by atoms with Crippen molar-refractivity contribution in [3.8, 4) is 11.5 Å². The monoisotopic (exact) mass is 462 g/mol. The molecule has 0 heterocycles. The summed E-state index contributed by atoms with van der Waals surface area (Å²) in [4.78, 5) is 24.8. The van der Waals surface area contributed by atoms with Crippen LogP contribution < -0.4 is 8.92 Å². The van der Waals surface area contributed by atoms with Gasteiger partial charge in [-0.25, -0.2) is 0 Å². The van der Waals surface area contributed by atoms with Crippen molar-refractivity contribution in [1.82, 2.24) is 4.90 Å². The van der Waals surface area contributed by atoms with Gasteiger partial charge in [0, 0.05) is 30.8 Å². The highest BCUT2D eigenvalue weighted by atomic mass is 32.2. The molecule has 1 amide bonds. The van der Waals surface area contributed by atoms with E-state index in [0.29, 0.717) is 17.5 Å². The summed E-state index contributed by atoms with van der Waals surface area (Å²) in [5, 5.41) is 10.8. The lowest BCUT2D eigenvalue weighted by Gasteiger charge is -2.28. The first kappa shape index (κ1) is 24.9. The zero-order valence-corrected chi connectivity index (χ0v) is 19.2. The largest absolute Gasteiger partial charge is 0.493 e. The number of nitro benzene ring substituents is 1. The molecule has 2 aromatic carbocycles. The predicted molar refractivity (Wildman–Crippen MR) is 121 cm³/mol. The summed E-state index contributed by atoms with van der Waals surface area (Å²) in [6.45, 7) is 4.09. The highest BCUT2D eigenvalue weighted by Crippen LogP contribution is 2.30. The van der Waals surface area contributed by atoms with Gasteiger partial charge in [0.05, 0.1) is 18.3 Å². The molecule has 0 N–H and O–H groups in total. The molecule has 0 aliphatic rings. The van der Waals surface area contributed by atoms with Crippen LogP contribution in [-0.4, -0.2) is 43.6 Å². The first-order valence-electron chi connectivity index (χ1n) is 9.83. The maximum Gasteiger partial charge on any atom is 0.306 e. The van der Waals surface area contributed by atoms with Crippen LogP contribution in [0.15, 0.2) is 48.5 Å². The number of nitro groups is 1. The Balaban J connectivity index is 2.25. The number of ether oxygens (including phenoxy) is 1. The fourth-order valence-corrected chi connectivity index (χ4v) is 3.34. The van der Waals surface area contributed by atoms with Gasteiger partial charge >= 0.3 is 10.1 Å². The molecule has 0 bridgehead atoms. The number of methoxy groups -OCH3 is 1. The molecule has 0 aromatic heterocycles.